The second-order valence-electron chi connectivity index (χ2n) is 3.23. The minimum absolute atomic E-state index is 0.00866. The lowest BCUT2D eigenvalue weighted by Gasteiger charge is -2.13. The van der Waals surface area contributed by atoms with E-state index in [4.69, 9.17) is 14.3 Å². The summed E-state index contributed by atoms with van der Waals surface area (Å²) >= 11 is 0. The van der Waals surface area contributed by atoms with E-state index >= 15 is 0 Å². The van der Waals surface area contributed by atoms with Gasteiger partial charge in [0.1, 0.15) is 0 Å². The Morgan fingerprint density at radius 3 is 1.38 bits per heavy atom. The van der Waals surface area contributed by atoms with Gasteiger partial charge in [0.05, 0.1) is 11.5 Å². The van der Waals surface area contributed by atoms with Crippen molar-refractivity contribution in [2.75, 3.05) is 24.6 Å². The summed E-state index contributed by atoms with van der Waals surface area (Å²) in [5, 5.41) is 9.86. The van der Waals surface area contributed by atoms with Gasteiger partial charge in [0.25, 0.3) is 20.2 Å². The fraction of sp³-hybridized carbons (Fsp3) is 1.00. The molecule has 0 atom stereocenters. The number of nitrogens with zero attached hydrogens (tertiary/aromatic N) is 1. The molecule has 0 rings (SSSR count). The van der Waals surface area contributed by atoms with Gasteiger partial charge in [-0.1, -0.05) is 0 Å². The van der Waals surface area contributed by atoms with E-state index in [9.17, 15) is 16.8 Å². The molecular weight excluding hydrogens is 262 g/mol. The molecular formula is C6H15NO7S2. The van der Waals surface area contributed by atoms with Crippen LogP contribution in [0.1, 0.15) is 12.8 Å². The molecule has 10 heteroatoms. The van der Waals surface area contributed by atoms with Crippen LogP contribution in [0.15, 0.2) is 0 Å². The first-order valence-corrected chi connectivity index (χ1v) is 7.66. The third-order valence-corrected chi connectivity index (χ3v) is 3.25. The summed E-state index contributed by atoms with van der Waals surface area (Å²) in [5.41, 5.74) is 0. The van der Waals surface area contributed by atoms with Crippen molar-refractivity contribution >= 4 is 20.2 Å². The zero-order valence-corrected chi connectivity index (χ0v) is 10.1. The van der Waals surface area contributed by atoms with Crippen molar-refractivity contribution in [2.24, 2.45) is 0 Å². The predicted molar refractivity (Wildman–Crippen MR) is 55.4 cm³/mol. The van der Waals surface area contributed by atoms with Crippen LogP contribution in [0.2, 0.25) is 0 Å². The first-order valence-electron chi connectivity index (χ1n) is 4.44. The van der Waals surface area contributed by atoms with Crippen LogP contribution in [0.25, 0.3) is 0 Å². The smallest absolute Gasteiger partial charge is 0.264 e. The lowest BCUT2D eigenvalue weighted by Crippen LogP contribution is -2.25. The van der Waals surface area contributed by atoms with E-state index in [-0.39, 0.29) is 25.9 Å². The molecule has 0 aliphatic rings. The van der Waals surface area contributed by atoms with Crippen molar-refractivity contribution in [3.05, 3.63) is 0 Å². The minimum Gasteiger partial charge on any atom is -0.314 e. The summed E-state index contributed by atoms with van der Waals surface area (Å²) in [4.78, 5) is 0. The maximum Gasteiger partial charge on any atom is 0.264 e. The normalized spacial score (nSPS) is 13.2. The van der Waals surface area contributed by atoms with Crippen LogP contribution in [0.4, 0.5) is 0 Å². The second-order valence-corrected chi connectivity index (χ2v) is 6.38. The summed E-state index contributed by atoms with van der Waals surface area (Å²) < 4.78 is 58.0. The van der Waals surface area contributed by atoms with Crippen LogP contribution >= 0.6 is 0 Å². The van der Waals surface area contributed by atoms with Gasteiger partial charge in [0.2, 0.25) is 0 Å². The Bertz CT molecular complexity index is 349. The molecule has 0 unspecified atom stereocenters. The highest BCUT2D eigenvalue weighted by Crippen LogP contribution is 1.95. The molecule has 0 radical (unpaired) electrons. The highest BCUT2D eigenvalue weighted by Gasteiger charge is 2.08. The minimum atomic E-state index is -4.04. The Kier molecular flexibility index (Phi) is 6.36. The summed E-state index contributed by atoms with van der Waals surface area (Å²) in [7, 11) is -8.07. The van der Waals surface area contributed by atoms with E-state index in [0.717, 1.165) is 5.06 Å². The molecule has 0 amide bonds. The lowest BCUT2D eigenvalue weighted by molar-refractivity contribution is -0.0898. The van der Waals surface area contributed by atoms with Gasteiger partial charge in [-0.15, -0.1) is 0 Å². The van der Waals surface area contributed by atoms with E-state index in [2.05, 4.69) is 0 Å². The maximum atomic E-state index is 10.3. The molecule has 8 nitrogen and oxygen atoms in total. The lowest BCUT2D eigenvalue weighted by atomic mass is 10.4. The highest BCUT2D eigenvalue weighted by atomic mass is 32.2. The second kappa shape index (κ2) is 6.47. The molecule has 98 valence electrons. The fourth-order valence-corrected chi connectivity index (χ4v) is 1.96. The van der Waals surface area contributed by atoms with Gasteiger partial charge in [0.15, 0.2) is 0 Å². The van der Waals surface area contributed by atoms with Crippen molar-refractivity contribution in [3.63, 3.8) is 0 Å². The maximum absolute atomic E-state index is 10.3. The summed E-state index contributed by atoms with van der Waals surface area (Å²) in [6.45, 7) is -0.0173. The largest absolute Gasteiger partial charge is 0.314 e. The van der Waals surface area contributed by atoms with Crippen molar-refractivity contribution in [1.82, 2.24) is 5.06 Å². The molecule has 0 aromatic carbocycles. The van der Waals surface area contributed by atoms with Gasteiger partial charge >= 0.3 is 0 Å². The molecule has 0 aromatic heterocycles. The number of hydroxylamine groups is 2. The molecule has 0 spiro atoms. The van der Waals surface area contributed by atoms with Crippen LogP contribution in [-0.4, -0.2) is 60.8 Å². The number of rotatable bonds is 8. The first kappa shape index (κ1) is 15.7. The van der Waals surface area contributed by atoms with Gasteiger partial charge in [-0.2, -0.15) is 21.9 Å². The van der Waals surface area contributed by atoms with E-state index in [1.807, 2.05) is 0 Å². The van der Waals surface area contributed by atoms with Gasteiger partial charge in [-0.3, -0.25) is 9.11 Å². The molecule has 3 N–H and O–H groups in total. The molecule has 0 heterocycles. The van der Waals surface area contributed by atoms with Crippen LogP contribution < -0.4 is 0 Å². The Morgan fingerprint density at radius 1 is 0.812 bits per heavy atom. The average Bonchev–Trinajstić information content (AvgIpc) is 1.98. The van der Waals surface area contributed by atoms with Crippen molar-refractivity contribution < 1.29 is 31.1 Å². The van der Waals surface area contributed by atoms with E-state index in [1.165, 1.54) is 0 Å². The Morgan fingerprint density at radius 2 is 1.12 bits per heavy atom. The van der Waals surface area contributed by atoms with Gasteiger partial charge in [-0.05, 0) is 12.8 Å². The summed E-state index contributed by atoms with van der Waals surface area (Å²) in [6, 6.07) is 0. The molecule has 16 heavy (non-hydrogen) atoms. The van der Waals surface area contributed by atoms with Crippen LogP contribution in [0, 0.1) is 0 Å². The topological polar surface area (TPSA) is 132 Å². The molecule has 0 aromatic rings. The predicted octanol–water partition coefficient (Wildman–Crippen LogP) is -0.767. The highest BCUT2D eigenvalue weighted by molar-refractivity contribution is 7.86. The average molecular weight is 277 g/mol. The van der Waals surface area contributed by atoms with Crippen molar-refractivity contribution in [1.29, 1.82) is 0 Å². The Hall–Kier alpha value is -0.260. The molecule has 0 bridgehead atoms. The van der Waals surface area contributed by atoms with Gasteiger partial charge in [-0.25, -0.2) is 0 Å². The third-order valence-electron chi connectivity index (χ3n) is 1.64. The Balaban J connectivity index is 3.64. The van der Waals surface area contributed by atoms with Gasteiger partial charge < -0.3 is 5.21 Å². The number of hydrogen-bond acceptors (Lipinski definition) is 6. The quantitative estimate of drug-likeness (QED) is 0.389. The third kappa shape index (κ3) is 11.8. The summed E-state index contributed by atoms with van der Waals surface area (Å²) in [5.74, 6) is -0.940. The van der Waals surface area contributed by atoms with Crippen molar-refractivity contribution in [3.8, 4) is 0 Å². The molecule has 0 fully saturated rings. The van der Waals surface area contributed by atoms with Crippen LogP contribution in [0.3, 0.4) is 0 Å². The van der Waals surface area contributed by atoms with Crippen LogP contribution in [-0.2, 0) is 20.2 Å². The molecule has 0 saturated carbocycles. The van der Waals surface area contributed by atoms with Gasteiger partial charge in [0, 0.05) is 13.1 Å². The first-order chi connectivity index (χ1) is 7.10. The molecule has 0 saturated heterocycles. The molecule has 0 aliphatic heterocycles. The van der Waals surface area contributed by atoms with Crippen molar-refractivity contribution in [2.45, 2.75) is 12.8 Å². The van der Waals surface area contributed by atoms with E-state index < -0.39 is 31.7 Å². The molecule has 0 aliphatic carbocycles. The number of hydrogen-bond donors (Lipinski definition) is 3. The van der Waals surface area contributed by atoms with E-state index in [0.29, 0.717) is 0 Å². The Labute approximate surface area is 94.3 Å². The monoisotopic (exact) mass is 277 g/mol. The van der Waals surface area contributed by atoms with Crippen LogP contribution in [0.5, 0.6) is 0 Å². The zero-order chi connectivity index (χ0) is 12.8. The van der Waals surface area contributed by atoms with E-state index in [1.54, 1.807) is 0 Å². The fourth-order valence-electron chi connectivity index (χ4n) is 0.971. The standard InChI is InChI=1S/C6H15NO7S2/c8-7(3-1-5-15(9,10)11)4-2-6-16(12,13)14/h8H,1-6H2,(H,9,10,11)(H,12,13,14). The summed E-state index contributed by atoms with van der Waals surface area (Å²) in [6.07, 6.45) is 0.0580. The zero-order valence-electron chi connectivity index (χ0n) is 8.48. The SMILES string of the molecule is O=S(=O)(O)CCCN(O)CCCS(=O)(=O)O.